The largest absolute Gasteiger partial charge is 0.340 e. The molecule has 0 unspecified atom stereocenters. The zero-order valence-electron chi connectivity index (χ0n) is 14.3. The van der Waals surface area contributed by atoms with Gasteiger partial charge < -0.3 is 9.47 Å². The SMILES string of the molecule is CCN(CC)CCCn1c2ccccc2c(=O)c2cc(Br)ccc21. The molecule has 3 rings (SSSR count). The third-order valence-corrected chi connectivity index (χ3v) is 5.18. The first-order chi connectivity index (χ1) is 11.7. The van der Waals surface area contributed by atoms with Crippen LogP contribution in [0.4, 0.5) is 0 Å². The summed E-state index contributed by atoms with van der Waals surface area (Å²) in [5.74, 6) is 0. The molecule has 0 bridgehead atoms. The molecule has 0 aliphatic heterocycles. The Morgan fingerprint density at radius 3 is 2.46 bits per heavy atom. The molecule has 1 aromatic heterocycles. The molecule has 0 atom stereocenters. The number of hydrogen-bond donors (Lipinski definition) is 0. The van der Waals surface area contributed by atoms with Crippen LogP contribution < -0.4 is 5.43 Å². The molecule has 0 saturated carbocycles. The van der Waals surface area contributed by atoms with Gasteiger partial charge in [-0.25, -0.2) is 0 Å². The first-order valence-corrected chi connectivity index (χ1v) is 9.38. The highest BCUT2D eigenvalue weighted by atomic mass is 79.9. The first-order valence-electron chi connectivity index (χ1n) is 8.58. The molecular weight excluding hydrogens is 364 g/mol. The van der Waals surface area contributed by atoms with E-state index in [0.29, 0.717) is 0 Å². The summed E-state index contributed by atoms with van der Waals surface area (Å²) in [6.45, 7) is 8.54. The maximum atomic E-state index is 12.8. The van der Waals surface area contributed by atoms with Crippen LogP contribution in [0.15, 0.2) is 51.7 Å². The summed E-state index contributed by atoms with van der Waals surface area (Å²) in [5.41, 5.74) is 2.15. The lowest BCUT2D eigenvalue weighted by Gasteiger charge is -2.20. The van der Waals surface area contributed by atoms with Crippen LogP contribution in [0.5, 0.6) is 0 Å². The van der Waals surface area contributed by atoms with Gasteiger partial charge in [-0.05, 0) is 56.4 Å². The van der Waals surface area contributed by atoms with Crippen molar-refractivity contribution in [3.8, 4) is 0 Å². The molecule has 3 aromatic rings. The summed E-state index contributed by atoms with van der Waals surface area (Å²) in [4.78, 5) is 15.3. The fourth-order valence-corrected chi connectivity index (χ4v) is 3.70. The Balaban J connectivity index is 2.10. The van der Waals surface area contributed by atoms with Gasteiger partial charge in [0.05, 0.1) is 11.0 Å². The molecule has 0 radical (unpaired) electrons. The Kier molecular flexibility index (Phi) is 5.36. The minimum absolute atomic E-state index is 0.113. The second-order valence-electron chi connectivity index (χ2n) is 6.04. The lowest BCUT2D eigenvalue weighted by molar-refractivity contribution is 0.294. The molecule has 0 fully saturated rings. The van der Waals surface area contributed by atoms with Gasteiger partial charge >= 0.3 is 0 Å². The van der Waals surface area contributed by atoms with Crippen LogP contribution in [0.1, 0.15) is 20.3 Å². The van der Waals surface area contributed by atoms with Crippen molar-refractivity contribution in [1.29, 1.82) is 0 Å². The van der Waals surface area contributed by atoms with Crippen LogP contribution >= 0.6 is 15.9 Å². The average molecular weight is 387 g/mol. The van der Waals surface area contributed by atoms with E-state index >= 15 is 0 Å². The Hall–Kier alpha value is -1.65. The van der Waals surface area contributed by atoms with Crippen molar-refractivity contribution in [3.63, 3.8) is 0 Å². The summed E-state index contributed by atoms with van der Waals surface area (Å²) in [5, 5.41) is 1.58. The summed E-state index contributed by atoms with van der Waals surface area (Å²) in [6, 6.07) is 13.9. The van der Waals surface area contributed by atoms with E-state index in [9.17, 15) is 4.79 Å². The number of para-hydroxylation sites is 1. The van der Waals surface area contributed by atoms with Crippen molar-refractivity contribution in [2.75, 3.05) is 19.6 Å². The number of nitrogens with zero attached hydrogens (tertiary/aromatic N) is 2. The van der Waals surface area contributed by atoms with Crippen LogP contribution in [-0.4, -0.2) is 29.1 Å². The highest BCUT2D eigenvalue weighted by Crippen LogP contribution is 2.22. The highest BCUT2D eigenvalue weighted by molar-refractivity contribution is 9.10. The van der Waals surface area contributed by atoms with Gasteiger partial charge in [-0.1, -0.05) is 41.9 Å². The standard InChI is InChI=1S/C20H23BrN2O/c1-3-22(4-2)12-7-13-23-18-9-6-5-8-16(18)20(24)17-14-15(21)10-11-19(17)23/h5-6,8-11,14H,3-4,7,12-13H2,1-2H3. The summed E-state index contributed by atoms with van der Waals surface area (Å²) in [6.07, 6.45) is 1.07. The molecule has 1 heterocycles. The molecule has 0 aliphatic rings. The molecule has 3 nitrogen and oxygen atoms in total. The van der Waals surface area contributed by atoms with Crippen molar-refractivity contribution < 1.29 is 0 Å². The van der Waals surface area contributed by atoms with Gasteiger partial charge in [0.25, 0.3) is 0 Å². The Labute approximate surface area is 151 Å². The molecular formula is C20H23BrN2O. The van der Waals surface area contributed by atoms with Crippen LogP contribution in [-0.2, 0) is 6.54 Å². The van der Waals surface area contributed by atoms with Crippen LogP contribution in [0.3, 0.4) is 0 Å². The Morgan fingerprint density at radius 1 is 1.00 bits per heavy atom. The number of benzene rings is 2. The zero-order chi connectivity index (χ0) is 17.1. The van der Waals surface area contributed by atoms with Crippen LogP contribution in [0.25, 0.3) is 21.8 Å². The minimum Gasteiger partial charge on any atom is -0.340 e. The molecule has 0 spiro atoms. The van der Waals surface area contributed by atoms with E-state index in [4.69, 9.17) is 0 Å². The molecule has 0 saturated heterocycles. The summed E-state index contributed by atoms with van der Waals surface area (Å²) < 4.78 is 3.24. The molecule has 0 amide bonds. The maximum absolute atomic E-state index is 12.8. The maximum Gasteiger partial charge on any atom is 0.197 e. The van der Waals surface area contributed by atoms with Gasteiger partial charge in [-0.15, -0.1) is 0 Å². The second-order valence-corrected chi connectivity index (χ2v) is 6.96. The van der Waals surface area contributed by atoms with E-state index in [-0.39, 0.29) is 5.43 Å². The predicted octanol–water partition coefficient (Wildman–Crippen LogP) is 4.65. The molecule has 0 aliphatic carbocycles. The lowest BCUT2D eigenvalue weighted by atomic mass is 10.1. The van der Waals surface area contributed by atoms with Crippen molar-refractivity contribution in [2.45, 2.75) is 26.8 Å². The first kappa shape index (κ1) is 17.2. The number of fused-ring (bicyclic) bond motifs is 2. The number of halogens is 1. The van der Waals surface area contributed by atoms with Gasteiger partial charge in [-0.2, -0.15) is 0 Å². The number of hydrogen-bond acceptors (Lipinski definition) is 2. The normalized spacial score (nSPS) is 11.7. The molecule has 126 valence electrons. The van der Waals surface area contributed by atoms with Gasteiger partial charge in [-0.3, -0.25) is 4.79 Å². The van der Waals surface area contributed by atoms with E-state index in [1.54, 1.807) is 0 Å². The number of aryl methyl sites for hydroxylation is 1. The third-order valence-electron chi connectivity index (χ3n) is 4.68. The number of aromatic nitrogens is 1. The second kappa shape index (κ2) is 7.49. The quantitative estimate of drug-likeness (QED) is 0.576. The fraction of sp³-hybridized carbons (Fsp3) is 0.350. The van der Waals surface area contributed by atoms with E-state index in [0.717, 1.165) is 58.9 Å². The zero-order valence-corrected chi connectivity index (χ0v) is 15.8. The Morgan fingerprint density at radius 2 is 1.71 bits per heavy atom. The minimum atomic E-state index is 0.113. The average Bonchev–Trinajstić information content (AvgIpc) is 2.61. The van der Waals surface area contributed by atoms with Crippen LogP contribution in [0.2, 0.25) is 0 Å². The monoisotopic (exact) mass is 386 g/mol. The lowest BCUT2D eigenvalue weighted by Crippen LogP contribution is -2.25. The van der Waals surface area contributed by atoms with Gasteiger partial charge in [0, 0.05) is 21.8 Å². The number of pyridine rings is 1. The van der Waals surface area contributed by atoms with Gasteiger partial charge in [0.15, 0.2) is 5.43 Å². The van der Waals surface area contributed by atoms with Crippen molar-refractivity contribution in [2.24, 2.45) is 0 Å². The predicted molar refractivity (Wildman–Crippen MR) is 106 cm³/mol. The fourth-order valence-electron chi connectivity index (χ4n) is 3.33. The smallest absolute Gasteiger partial charge is 0.197 e. The molecule has 24 heavy (non-hydrogen) atoms. The number of rotatable bonds is 6. The molecule has 2 aromatic carbocycles. The van der Waals surface area contributed by atoms with Crippen molar-refractivity contribution in [3.05, 3.63) is 57.2 Å². The van der Waals surface area contributed by atoms with E-state index in [1.165, 1.54) is 0 Å². The summed E-state index contributed by atoms with van der Waals surface area (Å²) in [7, 11) is 0. The third kappa shape index (κ3) is 3.26. The van der Waals surface area contributed by atoms with Crippen molar-refractivity contribution in [1.82, 2.24) is 9.47 Å². The topological polar surface area (TPSA) is 25.2 Å². The molecule has 0 N–H and O–H groups in total. The van der Waals surface area contributed by atoms with Crippen LogP contribution in [0, 0.1) is 0 Å². The highest BCUT2D eigenvalue weighted by Gasteiger charge is 2.11. The Bertz CT molecular complexity index is 913. The molecule has 4 heteroatoms. The summed E-state index contributed by atoms with van der Waals surface area (Å²) >= 11 is 3.49. The van der Waals surface area contributed by atoms with Crippen molar-refractivity contribution >= 4 is 37.7 Å². The van der Waals surface area contributed by atoms with E-state index < -0.39 is 0 Å². The van der Waals surface area contributed by atoms with Gasteiger partial charge in [0.1, 0.15) is 0 Å². The van der Waals surface area contributed by atoms with Gasteiger partial charge in [0.2, 0.25) is 0 Å². The van der Waals surface area contributed by atoms with E-state index in [2.05, 4.69) is 45.3 Å². The van der Waals surface area contributed by atoms with E-state index in [1.807, 2.05) is 36.4 Å².